The van der Waals surface area contributed by atoms with E-state index in [2.05, 4.69) is 41.5 Å². The Morgan fingerprint density at radius 2 is 2.33 bits per heavy atom. The van der Waals surface area contributed by atoms with Crippen LogP contribution >= 0.6 is 11.3 Å². The van der Waals surface area contributed by atoms with E-state index in [0.29, 0.717) is 18.0 Å². The summed E-state index contributed by atoms with van der Waals surface area (Å²) in [5, 5.41) is 6.99. The number of nitrogens with one attached hydrogen (secondary N) is 1. The zero-order chi connectivity index (χ0) is 13.0. The third-order valence-corrected chi connectivity index (χ3v) is 4.60. The van der Waals surface area contributed by atoms with E-state index < -0.39 is 0 Å². The highest BCUT2D eigenvalue weighted by molar-refractivity contribution is 7.09. The van der Waals surface area contributed by atoms with Crippen molar-refractivity contribution in [3.8, 4) is 0 Å². The highest BCUT2D eigenvalue weighted by atomic mass is 32.1. The maximum Gasteiger partial charge on any atom is 0.110 e. The van der Waals surface area contributed by atoms with E-state index in [9.17, 15) is 0 Å². The number of hydrogen-bond donors (Lipinski definition) is 1. The molecule has 0 bridgehead atoms. The number of thiazole rings is 1. The van der Waals surface area contributed by atoms with Crippen LogP contribution < -0.4 is 5.32 Å². The maximum atomic E-state index is 4.56. The van der Waals surface area contributed by atoms with Crippen molar-refractivity contribution in [1.82, 2.24) is 15.2 Å². The fourth-order valence-electron chi connectivity index (χ4n) is 2.80. The molecule has 0 aliphatic carbocycles. The average Bonchev–Trinajstić information content (AvgIpc) is 2.78. The topological polar surface area (TPSA) is 28.2 Å². The molecule has 18 heavy (non-hydrogen) atoms. The van der Waals surface area contributed by atoms with E-state index in [4.69, 9.17) is 0 Å². The summed E-state index contributed by atoms with van der Waals surface area (Å²) in [5.41, 5.74) is 0. The van der Waals surface area contributed by atoms with Crippen LogP contribution in [0.15, 0.2) is 11.6 Å². The highest BCUT2D eigenvalue weighted by Crippen LogP contribution is 2.34. The zero-order valence-electron chi connectivity index (χ0n) is 11.7. The van der Waals surface area contributed by atoms with E-state index in [0.717, 1.165) is 6.54 Å². The lowest BCUT2D eigenvalue weighted by molar-refractivity contribution is 0.186. The fourth-order valence-corrected chi connectivity index (χ4v) is 3.69. The molecule has 0 aromatic carbocycles. The van der Waals surface area contributed by atoms with Gasteiger partial charge in [0.1, 0.15) is 5.01 Å². The van der Waals surface area contributed by atoms with Crippen LogP contribution in [-0.4, -0.2) is 36.1 Å². The number of rotatable bonds is 4. The normalized spacial score (nSPS) is 26.4. The summed E-state index contributed by atoms with van der Waals surface area (Å²) in [6.45, 7) is 6.74. The van der Waals surface area contributed by atoms with Gasteiger partial charge in [-0.15, -0.1) is 11.3 Å². The smallest absolute Gasteiger partial charge is 0.110 e. The average molecular weight is 267 g/mol. The van der Waals surface area contributed by atoms with Crippen molar-refractivity contribution in [3.05, 3.63) is 16.6 Å². The molecule has 0 spiro atoms. The summed E-state index contributed by atoms with van der Waals surface area (Å²) in [5.74, 6) is 0.686. The van der Waals surface area contributed by atoms with Gasteiger partial charge in [-0.2, -0.15) is 0 Å². The number of likely N-dealkylation sites (tertiary alicyclic amines) is 1. The molecule has 102 valence electrons. The van der Waals surface area contributed by atoms with Crippen molar-refractivity contribution < 1.29 is 0 Å². The molecule has 3 nitrogen and oxygen atoms in total. The minimum atomic E-state index is 0.499. The molecule has 0 saturated carbocycles. The molecule has 2 unspecified atom stereocenters. The number of aromatic nitrogens is 1. The van der Waals surface area contributed by atoms with Crippen molar-refractivity contribution in [3.63, 3.8) is 0 Å². The first-order valence-electron chi connectivity index (χ1n) is 7.01. The molecule has 1 saturated heterocycles. The van der Waals surface area contributed by atoms with Gasteiger partial charge in [-0.3, -0.25) is 4.90 Å². The molecule has 1 aliphatic heterocycles. The second-order valence-corrected chi connectivity index (χ2v) is 6.54. The Hall–Kier alpha value is -0.450. The fraction of sp³-hybridized carbons (Fsp3) is 0.786. The second-order valence-electron chi connectivity index (χ2n) is 5.61. The molecular formula is C14H25N3S. The first-order valence-corrected chi connectivity index (χ1v) is 7.89. The SMILES string of the molecule is CC(C)NCC1CCCCN(C)C1c1nccs1. The van der Waals surface area contributed by atoms with Gasteiger partial charge in [0.25, 0.3) is 0 Å². The monoisotopic (exact) mass is 267 g/mol. The van der Waals surface area contributed by atoms with Crippen molar-refractivity contribution in [1.29, 1.82) is 0 Å². The lowest BCUT2D eigenvalue weighted by Crippen LogP contribution is -2.37. The van der Waals surface area contributed by atoms with Gasteiger partial charge in [-0.25, -0.2) is 4.98 Å². The predicted octanol–water partition coefficient (Wildman–Crippen LogP) is 2.91. The summed E-state index contributed by atoms with van der Waals surface area (Å²) >= 11 is 1.80. The largest absolute Gasteiger partial charge is 0.314 e. The lowest BCUT2D eigenvalue weighted by atomic mass is 9.94. The Kier molecular flexibility index (Phi) is 5.15. The quantitative estimate of drug-likeness (QED) is 0.909. The van der Waals surface area contributed by atoms with Gasteiger partial charge in [0.05, 0.1) is 6.04 Å². The standard InChI is InChI=1S/C14H25N3S/c1-11(2)16-10-12-6-4-5-8-17(3)13(12)14-15-7-9-18-14/h7,9,11-13,16H,4-6,8,10H2,1-3H3. The van der Waals surface area contributed by atoms with Gasteiger partial charge in [-0.05, 0) is 32.4 Å². The van der Waals surface area contributed by atoms with Crippen LogP contribution in [0.1, 0.15) is 44.2 Å². The van der Waals surface area contributed by atoms with Crippen LogP contribution in [0.25, 0.3) is 0 Å². The molecular weight excluding hydrogens is 242 g/mol. The van der Waals surface area contributed by atoms with Crippen molar-refractivity contribution in [2.75, 3.05) is 20.1 Å². The molecule has 2 rings (SSSR count). The van der Waals surface area contributed by atoms with E-state index in [1.165, 1.54) is 30.8 Å². The molecule has 2 heterocycles. The Labute approximate surface area is 115 Å². The van der Waals surface area contributed by atoms with Gasteiger partial charge in [0.2, 0.25) is 0 Å². The van der Waals surface area contributed by atoms with Gasteiger partial charge in [0.15, 0.2) is 0 Å². The minimum Gasteiger partial charge on any atom is -0.314 e. The van der Waals surface area contributed by atoms with Crippen LogP contribution in [0.2, 0.25) is 0 Å². The molecule has 1 aromatic heterocycles. The summed E-state index contributed by atoms with van der Waals surface area (Å²) in [6, 6.07) is 1.06. The summed E-state index contributed by atoms with van der Waals surface area (Å²) in [7, 11) is 2.25. The molecule has 0 amide bonds. The lowest BCUT2D eigenvalue weighted by Gasteiger charge is -2.31. The first kappa shape index (κ1) is 14.0. The van der Waals surface area contributed by atoms with Gasteiger partial charge in [-0.1, -0.05) is 20.3 Å². The Morgan fingerprint density at radius 1 is 1.50 bits per heavy atom. The van der Waals surface area contributed by atoms with E-state index in [-0.39, 0.29) is 0 Å². The summed E-state index contributed by atoms with van der Waals surface area (Å²) < 4.78 is 0. The zero-order valence-corrected chi connectivity index (χ0v) is 12.5. The molecule has 0 radical (unpaired) electrons. The molecule has 1 aromatic rings. The summed E-state index contributed by atoms with van der Waals surface area (Å²) in [6.07, 6.45) is 5.91. The van der Waals surface area contributed by atoms with Crippen LogP contribution in [-0.2, 0) is 0 Å². The Bertz CT molecular complexity index is 337. The Balaban J connectivity index is 2.11. The third kappa shape index (κ3) is 3.53. The maximum absolute atomic E-state index is 4.56. The predicted molar refractivity (Wildman–Crippen MR) is 78.0 cm³/mol. The Morgan fingerprint density at radius 3 is 3.00 bits per heavy atom. The molecule has 2 atom stereocenters. The first-order chi connectivity index (χ1) is 8.68. The van der Waals surface area contributed by atoms with E-state index >= 15 is 0 Å². The van der Waals surface area contributed by atoms with Gasteiger partial charge in [0, 0.05) is 24.2 Å². The highest BCUT2D eigenvalue weighted by Gasteiger charge is 2.30. The van der Waals surface area contributed by atoms with Crippen molar-refractivity contribution in [2.24, 2.45) is 5.92 Å². The minimum absolute atomic E-state index is 0.499. The third-order valence-electron chi connectivity index (χ3n) is 3.75. The van der Waals surface area contributed by atoms with Crippen molar-refractivity contribution >= 4 is 11.3 Å². The van der Waals surface area contributed by atoms with Crippen molar-refractivity contribution in [2.45, 2.75) is 45.2 Å². The van der Waals surface area contributed by atoms with Crippen LogP contribution in [0.5, 0.6) is 0 Å². The molecule has 1 fully saturated rings. The van der Waals surface area contributed by atoms with Crippen LogP contribution in [0.3, 0.4) is 0 Å². The van der Waals surface area contributed by atoms with Gasteiger partial charge < -0.3 is 5.32 Å². The number of nitrogens with zero attached hydrogens (tertiary/aromatic N) is 2. The van der Waals surface area contributed by atoms with E-state index in [1.807, 2.05) is 6.20 Å². The molecule has 1 aliphatic rings. The van der Waals surface area contributed by atoms with Crippen LogP contribution in [0, 0.1) is 5.92 Å². The van der Waals surface area contributed by atoms with Crippen LogP contribution in [0.4, 0.5) is 0 Å². The molecule has 1 N–H and O–H groups in total. The second kappa shape index (κ2) is 6.64. The molecule has 4 heteroatoms. The van der Waals surface area contributed by atoms with Gasteiger partial charge >= 0.3 is 0 Å². The number of hydrogen-bond acceptors (Lipinski definition) is 4. The van der Waals surface area contributed by atoms with E-state index in [1.54, 1.807) is 11.3 Å². The summed E-state index contributed by atoms with van der Waals surface area (Å²) in [4.78, 5) is 7.06.